The monoisotopic (exact) mass is 431 g/mol. The van der Waals surface area contributed by atoms with E-state index in [9.17, 15) is 14.4 Å². The third-order valence-corrected chi connectivity index (χ3v) is 4.39. The van der Waals surface area contributed by atoms with Gasteiger partial charge in [0.15, 0.2) is 17.3 Å². The number of ether oxygens (including phenoxy) is 4. The molecule has 1 aliphatic rings. The van der Waals surface area contributed by atoms with Gasteiger partial charge in [-0.2, -0.15) is 0 Å². The lowest BCUT2D eigenvalue weighted by Gasteiger charge is -2.21. The molecule has 0 aromatic heterocycles. The summed E-state index contributed by atoms with van der Waals surface area (Å²) in [4.78, 5) is 37.0. The van der Waals surface area contributed by atoms with Crippen LogP contribution < -0.4 is 14.8 Å². The van der Waals surface area contributed by atoms with E-state index in [2.05, 4.69) is 10.1 Å². The molecule has 2 aromatic carbocycles. The summed E-state index contributed by atoms with van der Waals surface area (Å²) in [6.45, 7) is 0.663. The molecule has 3 rings (SSSR count). The van der Waals surface area contributed by atoms with Crippen LogP contribution in [0.1, 0.15) is 15.9 Å². The van der Waals surface area contributed by atoms with Crippen molar-refractivity contribution < 1.29 is 33.3 Å². The molecule has 0 saturated heterocycles. The Kier molecular flexibility index (Phi) is 6.58. The molecule has 0 saturated carbocycles. The molecule has 156 valence electrons. The van der Waals surface area contributed by atoms with E-state index in [1.807, 2.05) is 0 Å². The molecule has 9 heteroatoms. The molecular formula is C21H18ClNO7. The van der Waals surface area contributed by atoms with Gasteiger partial charge in [-0.15, -0.1) is 0 Å². The summed E-state index contributed by atoms with van der Waals surface area (Å²) >= 11 is 6.02. The number of anilines is 1. The number of carbonyl (C=O) groups excluding carboxylic acids is 3. The molecule has 1 heterocycles. The molecule has 0 radical (unpaired) electrons. The van der Waals surface area contributed by atoms with Gasteiger partial charge in [0.1, 0.15) is 18.9 Å². The van der Waals surface area contributed by atoms with Crippen LogP contribution in [0.2, 0.25) is 5.02 Å². The third kappa shape index (κ3) is 4.72. The highest BCUT2D eigenvalue weighted by molar-refractivity contribution is 6.31. The summed E-state index contributed by atoms with van der Waals surface area (Å²) in [5.41, 5.74) is 0.505. The summed E-state index contributed by atoms with van der Waals surface area (Å²) in [5.74, 6) is -1.21. The van der Waals surface area contributed by atoms with Crippen molar-refractivity contribution in [3.63, 3.8) is 0 Å². The van der Waals surface area contributed by atoms with E-state index in [0.717, 1.165) is 13.2 Å². The minimum absolute atomic E-state index is 0.182. The lowest BCUT2D eigenvalue weighted by atomic mass is 10.0. The van der Waals surface area contributed by atoms with Crippen LogP contribution in [-0.2, 0) is 19.1 Å². The molecule has 1 aliphatic heterocycles. The van der Waals surface area contributed by atoms with Gasteiger partial charge < -0.3 is 24.3 Å². The van der Waals surface area contributed by atoms with Crippen molar-refractivity contribution in [3.8, 4) is 11.5 Å². The molecule has 8 nitrogen and oxygen atoms in total. The lowest BCUT2D eigenvalue weighted by Crippen LogP contribution is -2.19. The predicted molar refractivity (Wildman–Crippen MR) is 108 cm³/mol. The number of hydrogen-bond donors (Lipinski definition) is 1. The average molecular weight is 432 g/mol. The Bertz CT molecular complexity index is 1030. The van der Waals surface area contributed by atoms with Crippen LogP contribution in [0.15, 0.2) is 48.2 Å². The molecule has 0 amide bonds. The first-order chi connectivity index (χ1) is 14.4. The standard InChI is InChI=1S/C21H18ClNO7/c1-27-19(24)11-16(21(26)28-2)23-15-10-18-17(29-6-7-30-18)9-14(15)20(25)12-4-3-5-13(22)8-12/h3-5,8-11,23H,6-7H2,1-2H3/b16-11+. The van der Waals surface area contributed by atoms with Crippen molar-refractivity contribution in [1.29, 1.82) is 0 Å². The maximum Gasteiger partial charge on any atom is 0.354 e. The number of esters is 2. The van der Waals surface area contributed by atoms with Crippen molar-refractivity contribution in [3.05, 3.63) is 64.3 Å². The fourth-order valence-corrected chi connectivity index (χ4v) is 2.93. The quantitative estimate of drug-likeness (QED) is 0.423. The second-order valence-corrected chi connectivity index (χ2v) is 6.52. The second-order valence-electron chi connectivity index (χ2n) is 6.08. The van der Waals surface area contributed by atoms with E-state index in [1.54, 1.807) is 18.2 Å². The van der Waals surface area contributed by atoms with Crippen molar-refractivity contribution in [1.82, 2.24) is 0 Å². The highest BCUT2D eigenvalue weighted by Crippen LogP contribution is 2.37. The van der Waals surface area contributed by atoms with E-state index in [-0.39, 0.29) is 22.7 Å². The minimum Gasteiger partial charge on any atom is -0.486 e. The fourth-order valence-electron chi connectivity index (χ4n) is 2.74. The lowest BCUT2D eigenvalue weighted by molar-refractivity contribution is -0.138. The highest BCUT2D eigenvalue weighted by Gasteiger charge is 2.23. The summed E-state index contributed by atoms with van der Waals surface area (Å²) in [6.07, 6.45) is 0.927. The van der Waals surface area contributed by atoms with Crippen LogP contribution in [0.25, 0.3) is 0 Å². The van der Waals surface area contributed by atoms with Gasteiger partial charge in [0.25, 0.3) is 0 Å². The number of methoxy groups -OCH3 is 2. The van der Waals surface area contributed by atoms with E-state index in [0.29, 0.717) is 35.3 Å². The minimum atomic E-state index is -0.823. The van der Waals surface area contributed by atoms with Gasteiger partial charge in [-0.25, -0.2) is 9.59 Å². The van der Waals surface area contributed by atoms with Crippen LogP contribution in [0, 0.1) is 0 Å². The smallest absolute Gasteiger partial charge is 0.354 e. The van der Waals surface area contributed by atoms with Crippen molar-refractivity contribution >= 4 is 35.0 Å². The van der Waals surface area contributed by atoms with Gasteiger partial charge in [-0.05, 0) is 18.2 Å². The molecule has 1 N–H and O–H groups in total. The summed E-state index contributed by atoms with van der Waals surface area (Å²) in [6, 6.07) is 9.46. The first kappa shape index (κ1) is 21.2. The van der Waals surface area contributed by atoms with E-state index >= 15 is 0 Å². The molecule has 0 fully saturated rings. The number of rotatable bonds is 6. The Morgan fingerprint density at radius 3 is 2.37 bits per heavy atom. The Morgan fingerprint density at radius 2 is 1.73 bits per heavy atom. The van der Waals surface area contributed by atoms with Gasteiger partial charge in [0.2, 0.25) is 0 Å². The van der Waals surface area contributed by atoms with Gasteiger partial charge in [0.05, 0.1) is 26.0 Å². The number of halogens is 1. The Balaban J connectivity index is 2.09. The molecule has 0 aliphatic carbocycles. The summed E-state index contributed by atoms with van der Waals surface area (Å²) in [5, 5.41) is 3.17. The second kappa shape index (κ2) is 9.32. The van der Waals surface area contributed by atoms with Crippen LogP contribution in [0.5, 0.6) is 11.5 Å². The number of nitrogens with one attached hydrogen (secondary N) is 1. The Labute approximate surface area is 177 Å². The topological polar surface area (TPSA) is 100 Å². The maximum absolute atomic E-state index is 13.2. The third-order valence-electron chi connectivity index (χ3n) is 4.15. The predicted octanol–water partition coefficient (Wildman–Crippen LogP) is 2.98. The van der Waals surface area contributed by atoms with E-state index in [1.165, 1.54) is 25.3 Å². The first-order valence-corrected chi connectivity index (χ1v) is 9.19. The molecule has 0 spiro atoms. The Hall–Kier alpha value is -3.52. The average Bonchev–Trinajstić information content (AvgIpc) is 2.76. The van der Waals surface area contributed by atoms with Gasteiger partial charge in [-0.1, -0.05) is 23.7 Å². The number of ketones is 1. The van der Waals surface area contributed by atoms with Crippen LogP contribution in [0.4, 0.5) is 5.69 Å². The zero-order valence-corrected chi connectivity index (χ0v) is 16.9. The molecule has 2 aromatic rings. The number of carbonyl (C=O) groups is 3. The highest BCUT2D eigenvalue weighted by atomic mass is 35.5. The number of hydrogen-bond acceptors (Lipinski definition) is 8. The molecule has 30 heavy (non-hydrogen) atoms. The normalized spacial score (nSPS) is 12.7. The van der Waals surface area contributed by atoms with Gasteiger partial charge >= 0.3 is 11.9 Å². The molecular weight excluding hydrogens is 414 g/mol. The van der Waals surface area contributed by atoms with Gasteiger partial charge in [-0.3, -0.25) is 4.79 Å². The van der Waals surface area contributed by atoms with Gasteiger partial charge in [0, 0.05) is 22.2 Å². The Morgan fingerprint density at radius 1 is 1.03 bits per heavy atom. The molecule has 0 bridgehead atoms. The zero-order chi connectivity index (χ0) is 21.7. The van der Waals surface area contributed by atoms with E-state index in [4.69, 9.17) is 25.8 Å². The molecule has 0 unspecified atom stereocenters. The number of fused-ring (bicyclic) bond motifs is 1. The van der Waals surface area contributed by atoms with Crippen LogP contribution in [-0.4, -0.2) is 45.2 Å². The van der Waals surface area contributed by atoms with Crippen LogP contribution >= 0.6 is 11.6 Å². The maximum atomic E-state index is 13.2. The SMILES string of the molecule is COC(=O)/C=C(/Nc1cc2c(cc1C(=O)c1cccc(Cl)c1)OCCO2)C(=O)OC. The summed E-state index contributed by atoms with van der Waals surface area (Å²) in [7, 11) is 2.34. The van der Waals surface area contributed by atoms with Crippen molar-refractivity contribution in [2.75, 3.05) is 32.8 Å². The first-order valence-electron chi connectivity index (χ1n) is 8.82. The number of benzene rings is 2. The zero-order valence-electron chi connectivity index (χ0n) is 16.2. The largest absolute Gasteiger partial charge is 0.486 e. The van der Waals surface area contributed by atoms with Crippen LogP contribution in [0.3, 0.4) is 0 Å². The van der Waals surface area contributed by atoms with E-state index < -0.39 is 11.9 Å². The van der Waals surface area contributed by atoms with Crippen molar-refractivity contribution in [2.45, 2.75) is 0 Å². The fraction of sp³-hybridized carbons (Fsp3) is 0.190. The summed E-state index contributed by atoms with van der Waals surface area (Å²) < 4.78 is 20.4. The van der Waals surface area contributed by atoms with Crippen molar-refractivity contribution in [2.24, 2.45) is 0 Å². The molecule has 0 atom stereocenters.